The molecule has 0 fully saturated rings. The highest BCUT2D eigenvalue weighted by atomic mass is 32.2. The lowest BCUT2D eigenvalue weighted by molar-refractivity contribution is -0.206. The molecular weight excluding hydrogens is 408 g/mol. The molecule has 1 unspecified atom stereocenters. The van der Waals surface area contributed by atoms with Crippen LogP contribution in [0.3, 0.4) is 0 Å². The Hall–Kier alpha value is -1.51. The minimum absolute atomic E-state index is 0.195. The van der Waals surface area contributed by atoms with Crippen LogP contribution < -0.4 is 0 Å². The summed E-state index contributed by atoms with van der Waals surface area (Å²) in [5, 5.41) is 39.0. The second-order valence-corrected chi connectivity index (χ2v) is 9.43. The third-order valence-electron chi connectivity index (χ3n) is 4.53. The SMILES string of the molecule is O=C(O)C(O)(O)CCCC(O)(CCSCc1ccccc1)SCc1ccccc1. The molecule has 2 aromatic carbocycles. The largest absolute Gasteiger partial charge is 0.477 e. The number of thioether (sulfide) groups is 2. The van der Waals surface area contributed by atoms with Gasteiger partial charge in [0.2, 0.25) is 0 Å². The van der Waals surface area contributed by atoms with Crippen LogP contribution in [0.5, 0.6) is 0 Å². The van der Waals surface area contributed by atoms with Crippen molar-refractivity contribution in [3.63, 3.8) is 0 Å². The topological polar surface area (TPSA) is 98.0 Å². The molecule has 4 N–H and O–H groups in total. The summed E-state index contributed by atoms with van der Waals surface area (Å²) in [6, 6.07) is 19.9. The summed E-state index contributed by atoms with van der Waals surface area (Å²) in [7, 11) is 0. The monoisotopic (exact) mass is 436 g/mol. The maximum Gasteiger partial charge on any atom is 0.364 e. The van der Waals surface area contributed by atoms with Crippen molar-refractivity contribution in [2.45, 2.75) is 47.9 Å². The molecule has 1 atom stereocenters. The Morgan fingerprint density at radius 3 is 1.90 bits per heavy atom. The Labute approximate surface area is 180 Å². The van der Waals surface area contributed by atoms with Crippen LogP contribution in [0.4, 0.5) is 0 Å². The smallest absolute Gasteiger partial charge is 0.364 e. The molecule has 0 aromatic heterocycles. The van der Waals surface area contributed by atoms with Crippen LogP contribution in [0.2, 0.25) is 0 Å². The summed E-state index contributed by atoms with van der Waals surface area (Å²) in [6.45, 7) is 0. The highest BCUT2D eigenvalue weighted by molar-refractivity contribution is 8.00. The quantitative estimate of drug-likeness (QED) is 0.279. The number of hydrogen-bond donors (Lipinski definition) is 4. The molecule has 0 heterocycles. The molecule has 5 nitrogen and oxygen atoms in total. The Morgan fingerprint density at radius 1 is 0.793 bits per heavy atom. The van der Waals surface area contributed by atoms with Crippen molar-refractivity contribution >= 4 is 29.5 Å². The fourth-order valence-electron chi connectivity index (χ4n) is 2.78. The number of rotatable bonds is 13. The summed E-state index contributed by atoms with van der Waals surface area (Å²) in [6.07, 6.45) is 0.681. The second-order valence-electron chi connectivity index (χ2n) is 6.98. The molecule has 2 aromatic rings. The predicted octanol–water partition coefficient (Wildman–Crippen LogP) is 3.87. The van der Waals surface area contributed by atoms with E-state index in [1.807, 2.05) is 48.5 Å². The van der Waals surface area contributed by atoms with E-state index in [2.05, 4.69) is 12.1 Å². The van der Waals surface area contributed by atoms with Gasteiger partial charge in [0.25, 0.3) is 5.79 Å². The molecule has 0 bridgehead atoms. The van der Waals surface area contributed by atoms with E-state index in [9.17, 15) is 20.1 Å². The highest BCUT2D eigenvalue weighted by Gasteiger charge is 2.34. The van der Waals surface area contributed by atoms with Crippen LogP contribution in [0.15, 0.2) is 60.7 Å². The fraction of sp³-hybridized carbons (Fsp3) is 0.409. The van der Waals surface area contributed by atoms with E-state index < -0.39 is 16.7 Å². The molecule has 0 amide bonds. The first-order valence-corrected chi connectivity index (χ1v) is 11.6. The molecule has 7 heteroatoms. The van der Waals surface area contributed by atoms with Gasteiger partial charge in [0.05, 0.1) is 0 Å². The molecule has 0 aliphatic rings. The van der Waals surface area contributed by atoms with E-state index in [1.165, 1.54) is 17.3 Å². The molecular formula is C22H28O5S2. The zero-order valence-electron chi connectivity index (χ0n) is 16.2. The molecule has 0 aliphatic carbocycles. The Morgan fingerprint density at radius 2 is 1.34 bits per heavy atom. The van der Waals surface area contributed by atoms with Crippen molar-refractivity contribution in [3.05, 3.63) is 71.8 Å². The zero-order valence-corrected chi connectivity index (χ0v) is 17.9. The second kappa shape index (κ2) is 11.6. The number of benzene rings is 2. The maximum atomic E-state index is 11.1. The normalized spacial score (nSPS) is 13.8. The third kappa shape index (κ3) is 8.80. The minimum atomic E-state index is -2.76. The van der Waals surface area contributed by atoms with E-state index >= 15 is 0 Å². The zero-order chi connectivity index (χ0) is 21.2. The Balaban J connectivity index is 1.89. The van der Waals surface area contributed by atoms with Crippen molar-refractivity contribution in [2.24, 2.45) is 0 Å². The molecule has 0 saturated carbocycles. The van der Waals surface area contributed by atoms with E-state index in [1.54, 1.807) is 11.8 Å². The van der Waals surface area contributed by atoms with Gasteiger partial charge in [0, 0.05) is 17.9 Å². The van der Waals surface area contributed by atoms with Gasteiger partial charge < -0.3 is 20.4 Å². The van der Waals surface area contributed by atoms with Gasteiger partial charge in [-0.15, -0.1) is 11.8 Å². The van der Waals surface area contributed by atoms with Crippen molar-refractivity contribution in [1.82, 2.24) is 0 Å². The summed E-state index contributed by atoms with van der Waals surface area (Å²) >= 11 is 3.15. The van der Waals surface area contributed by atoms with Crippen molar-refractivity contribution in [1.29, 1.82) is 0 Å². The van der Waals surface area contributed by atoms with E-state index in [0.717, 1.165) is 17.1 Å². The van der Waals surface area contributed by atoms with Gasteiger partial charge in [-0.25, -0.2) is 4.79 Å². The highest BCUT2D eigenvalue weighted by Crippen LogP contribution is 2.36. The Bertz CT molecular complexity index is 739. The number of aliphatic carboxylic acids is 1. The Kier molecular flexibility index (Phi) is 9.52. The summed E-state index contributed by atoms with van der Waals surface area (Å²) in [5.41, 5.74) is 2.32. The lowest BCUT2D eigenvalue weighted by Gasteiger charge is -2.28. The lowest BCUT2D eigenvalue weighted by atomic mass is 10.0. The molecule has 0 spiro atoms. The van der Waals surface area contributed by atoms with Gasteiger partial charge in [0.15, 0.2) is 0 Å². The molecule has 0 aliphatic heterocycles. The van der Waals surface area contributed by atoms with Gasteiger partial charge in [-0.2, -0.15) is 11.8 Å². The van der Waals surface area contributed by atoms with Crippen LogP contribution in [-0.2, 0) is 16.3 Å². The predicted molar refractivity (Wildman–Crippen MR) is 119 cm³/mol. The molecule has 29 heavy (non-hydrogen) atoms. The van der Waals surface area contributed by atoms with E-state index in [4.69, 9.17) is 5.11 Å². The van der Waals surface area contributed by atoms with Crippen LogP contribution >= 0.6 is 23.5 Å². The van der Waals surface area contributed by atoms with Crippen LogP contribution in [0.25, 0.3) is 0 Å². The van der Waals surface area contributed by atoms with Gasteiger partial charge in [0.1, 0.15) is 4.93 Å². The summed E-state index contributed by atoms with van der Waals surface area (Å²) in [4.78, 5) is 9.80. The third-order valence-corrected chi connectivity index (χ3v) is 6.99. The van der Waals surface area contributed by atoms with Crippen LogP contribution in [-0.4, -0.2) is 42.9 Å². The number of carboxylic acid groups (broad SMARTS) is 1. The average molecular weight is 437 g/mol. The standard InChI is InChI=1S/C22H28O5S2/c23-20(24)22(26,27)13-7-12-21(25,29-17-19-10-5-2-6-11-19)14-15-28-16-18-8-3-1-4-9-18/h1-6,8-11,25-27H,7,12-17H2,(H,23,24). The average Bonchev–Trinajstić information content (AvgIpc) is 2.71. The summed E-state index contributed by atoms with van der Waals surface area (Å²) in [5.74, 6) is -2.20. The van der Waals surface area contributed by atoms with E-state index in [-0.39, 0.29) is 19.3 Å². The number of carboxylic acids is 1. The first-order valence-electron chi connectivity index (χ1n) is 9.51. The first kappa shape index (κ1) is 23.8. The maximum absolute atomic E-state index is 11.1. The fourth-order valence-corrected chi connectivity index (χ4v) is 5.12. The summed E-state index contributed by atoms with van der Waals surface area (Å²) < 4.78 is 0. The van der Waals surface area contributed by atoms with Gasteiger partial charge in [-0.05, 0) is 36.1 Å². The first-order chi connectivity index (χ1) is 13.8. The van der Waals surface area contributed by atoms with Crippen molar-refractivity contribution in [3.8, 4) is 0 Å². The molecule has 0 saturated heterocycles. The molecule has 2 rings (SSSR count). The molecule has 158 valence electrons. The van der Waals surface area contributed by atoms with Gasteiger partial charge in [-0.1, -0.05) is 60.7 Å². The number of hydrogen-bond acceptors (Lipinski definition) is 6. The van der Waals surface area contributed by atoms with Crippen molar-refractivity contribution < 1.29 is 25.2 Å². The minimum Gasteiger partial charge on any atom is -0.477 e. The lowest BCUT2D eigenvalue weighted by Crippen LogP contribution is -2.38. The van der Waals surface area contributed by atoms with Crippen LogP contribution in [0, 0.1) is 0 Å². The van der Waals surface area contributed by atoms with Gasteiger partial charge >= 0.3 is 5.97 Å². The van der Waals surface area contributed by atoms with Gasteiger partial charge in [-0.3, -0.25) is 0 Å². The van der Waals surface area contributed by atoms with E-state index in [0.29, 0.717) is 12.2 Å². The number of carbonyl (C=O) groups is 1. The van der Waals surface area contributed by atoms with Crippen molar-refractivity contribution in [2.75, 3.05) is 5.75 Å². The molecule has 0 radical (unpaired) electrons. The number of aliphatic hydroxyl groups is 3. The van der Waals surface area contributed by atoms with Crippen LogP contribution in [0.1, 0.15) is 36.8 Å².